The van der Waals surface area contributed by atoms with Gasteiger partial charge in [-0.3, -0.25) is 38.8 Å². The highest BCUT2D eigenvalue weighted by atomic mass is 16.6. The lowest BCUT2D eigenvalue weighted by atomic mass is 9.79. The fourth-order valence-electron chi connectivity index (χ4n) is 12.2. The first-order chi connectivity index (χ1) is 91.9. The first kappa shape index (κ1) is 31.8. The van der Waals surface area contributed by atoms with Gasteiger partial charge in [0.05, 0.1) is 81.4 Å². The van der Waals surface area contributed by atoms with Crippen LogP contribution in [0.4, 0.5) is 0 Å². The van der Waals surface area contributed by atoms with Gasteiger partial charge in [-0.15, -0.1) is 0 Å². The lowest BCUT2D eigenvalue weighted by molar-refractivity contribution is -0.161. The van der Waals surface area contributed by atoms with Crippen LogP contribution in [0.5, 0.6) is 46.0 Å². The summed E-state index contributed by atoms with van der Waals surface area (Å²) in [7, 11) is 0.210. The van der Waals surface area contributed by atoms with Crippen molar-refractivity contribution < 1.29 is 199 Å². The van der Waals surface area contributed by atoms with Crippen LogP contribution in [-0.4, -0.2) is 201 Å². The van der Waals surface area contributed by atoms with E-state index in [1.54, 1.807) is 0 Å². The van der Waals surface area contributed by atoms with Crippen LogP contribution in [0.2, 0.25) is 0 Å². The molecule has 0 aliphatic carbocycles. The number of carbonyl (C=O) groups is 4. The van der Waals surface area contributed by atoms with Gasteiger partial charge in [0.1, 0.15) is 48.4 Å². The summed E-state index contributed by atoms with van der Waals surface area (Å²) in [5, 5.41) is 0. The summed E-state index contributed by atoms with van der Waals surface area (Å²) in [5.74, 6) is -63.3. The van der Waals surface area contributed by atoms with Gasteiger partial charge in [0.25, 0.3) is 0 Å². The first-order valence-electron chi connectivity index (χ1n) is 80.3. The Bertz CT molecular complexity index is 8220. The molecule has 12 rings (SSSR count). The van der Waals surface area contributed by atoms with Crippen LogP contribution in [0.25, 0.3) is 0 Å². The fourth-order valence-corrected chi connectivity index (χ4v) is 12.2. The van der Waals surface area contributed by atoms with Crippen LogP contribution < -0.4 is 60.8 Å². The normalized spacial score (nSPS) is 49.5. The third-order valence-electron chi connectivity index (χ3n) is 17.7. The highest BCUT2D eigenvalue weighted by Gasteiger charge is 2.47. The number of piperidine rings is 4. The summed E-state index contributed by atoms with van der Waals surface area (Å²) in [6.45, 7) is -65.1. The minimum atomic E-state index is -4.78. The Labute approximate surface area is 845 Å². The number of carbonyl (C=O) groups excluding carboxylic acids is 4. The standard InChI is InChI=1S/4C24H38N2O4/c4*1-14(2)9-17-13-26-8-7-16-10-21(28-5)22(29-6)11-18(16)19(26)12-20(17)30-24(27)23(25)15(3)4/h4*10-11,14-15,17,19-20,23H,7-9,12-13,25H2,1-6H3/t4*17?,19?,20?,23-/m0000/s1/i1D3,3D3,4D3,5D3,9D2,12D2,13D2,14D,15D,17D,19D,20D,23D;1D3,3D3,4D3,5D3,9D2,10D,11D,12D2,13D2,14D,15D,17D,23D;1D3,3D3,4D3,9D2,12D2,13D2,14D,15D,17D,19D,20D,23D;1D3,3D3,4D3,9D2,10D,11D,12D2,13D2,14D,15D,17D,23D/t4*14?,17?,19?,20?,23-. The Kier molecular flexibility index (Phi) is 11.6. The molecular weight excluding hydrogens is 1520 g/mol. The van der Waals surface area contributed by atoms with Crippen LogP contribution in [0.1, 0.15) is 353 Å². The monoisotopic (exact) mass is 1760 g/mol. The molecule has 0 aromatic heterocycles. The largest absolute Gasteiger partial charge is 0.493 e. The minimum absolute atomic E-state index is 0.0494. The number of nitrogens with zero attached hydrogens (tertiary/aromatic N) is 4. The van der Waals surface area contributed by atoms with Crippen molar-refractivity contribution in [3.8, 4) is 46.0 Å². The van der Waals surface area contributed by atoms with E-state index in [2.05, 4.69) is 0 Å². The van der Waals surface area contributed by atoms with E-state index in [0.29, 0.717) is 37.5 Å². The van der Waals surface area contributed by atoms with Gasteiger partial charge >= 0.3 is 23.9 Å². The van der Waals surface area contributed by atoms with Gasteiger partial charge in [-0.05, 0) is 191 Å². The quantitative estimate of drug-likeness (QED) is 0.0303. The molecule has 24 heteroatoms. The van der Waals surface area contributed by atoms with E-state index in [9.17, 15) is 52.1 Å². The van der Waals surface area contributed by atoms with Gasteiger partial charge in [-0.25, -0.2) is 0 Å². The molecule has 24 nitrogen and oxygen atoms in total. The highest BCUT2D eigenvalue weighted by molar-refractivity contribution is 5.77. The summed E-state index contributed by atoms with van der Waals surface area (Å²) >= 11 is 0. The molecule has 0 amide bonds. The molecule has 16 unspecified atom stereocenters. The number of ether oxygens (including phenoxy) is 12. The van der Waals surface area contributed by atoms with Crippen molar-refractivity contribution in [2.24, 2.45) is 93.7 Å². The Hall–Kier alpha value is -7.16. The summed E-state index contributed by atoms with van der Waals surface area (Å²) < 4.78 is 817. The van der Waals surface area contributed by atoms with Crippen LogP contribution in [0.15, 0.2) is 48.4 Å². The molecule has 20 atom stereocenters. The molecule has 0 saturated carbocycles. The van der Waals surface area contributed by atoms with Crippen molar-refractivity contribution in [2.75, 3.05) is 109 Å². The fraction of sp³-hybridized carbons (Fsp3) is 0.708. The maximum absolute atomic E-state index is 13.9. The molecule has 8 aliphatic heterocycles. The van der Waals surface area contributed by atoms with E-state index >= 15 is 0 Å². The number of rotatable bonds is 28. The van der Waals surface area contributed by atoms with Crippen LogP contribution >= 0.6 is 0 Å². The topological polar surface area (TPSA) is 296 Å². The first-order valence-corrected chi connectivity index (χ1v) is 35.3. The number of hydrogen-bond donors (Lipinski definition) is 4. The Morgan fingerprint density at radius 3 is 1.02 bits per heavy atom. The average Bonchev–Trinajstić information content (AvgIpc) is 0.636. The number of hydrogen-bond acceptors (Lipinski definition) is 24. The third kappa shape index (κ3) is 23.8. The van der Waals surface area contributed by atoms with E-state index in [1.807, 2.05) is 0 Å². The molecular formula is C96H152N8O16. The summed E-state index contributed by atoms with van der Waals surface area (Å²) in [4.78, 5) is 57.0. The Morgan fingerprint density at radius 2 is 0.683 bits per heavy atom. The predicted octanol–water partition coefficient (Wildman–Crippen LogP) is 14.3. The second-order valence-corrected chi connectivity index (χ2v) is 25.9. The van der Waals surface area contributed by atoms with Crippen molar-refractivity contribution >= 4 is 23.9 Å². The maximum atomic E-state index is 13.9. The van der Waals surface area contributed by atoms with E-state index < -0.39 is 455 Å². The molecule has 672 valence electrons. The lowest BCUT2D eigenvalue weighted by Crippen LogP contribution is -2.51. The zero-order valence-electron chi connectivity index (χ0n) is 156. The van der Waals surface area contributed by atoms with Crippen molar-refractivity contribution in [1.29, 1.82) is 0 Å². The minimum Gasteiger partial charge on any atom is -0.493 e. The predicted molar refractivity (Wildman–Crippen MR) is 471 cm³/mol. The van der Waals surface area contributed by atoms with Gasteiger partial charge < -0.3 is 79.8 Å². The Morgan fingerprint density at radius 1 is 0.392 bits per heavy atom. The number of esters is 4. The second kappa shape index (κ2) is 43.9. The van der Waals surface area contributed by atoms with E-state index in [1.165, 1.54) is 13.2 Å². The molecule has 4 aromatic carbocycles. The average molecular weight is 1760 g/mol. The zero-order chi connectivity index (χ0) is 166. The van der Waals surface area contributed by atoms with Crippen LogP contribution in [-0.2, 0) is 63.8 Å². The molecule has 0 radical (unpaired) electrons. The van der Waals surface area contributed by atoms with Gasteiger partial charge in [0.15, 0.2) is 46.0 Å². The molecule has 0 spiro atoms. The SMILES string of the molecule is [2H]C([2H])([2H])C([2H])(C)C([2H])([2H])C1([2H])C([2H])([2H])N2CCc3cc(OC)c(OC)cc3C2([2H])C([2H])([2H])C1([2H])OC(=O)[C@@]([2H])(N)C([2H])(C([2H])([2H])[2H])C([2H])([2H])[2H].[2H]C([2H])([2H])Oc1cc2c(cc1OC)C1([2H])N(CC2)C([2H])([2H])C([2H])(C([2H])([2H])C([2H])(C)C([2H])([2H])[2H])C([2H])(OC(=O)[C@@]([2H])(N)C([2H])(C([2H])([2H])[2H])C([2H])([2H])[2H])C1([2H])[2H].[2H]c1c2c(c([2H])c(OC)c1OC([2H])([2H])[2H])C1N(CC2)C([2H])([2H])C([2H])(C([2H])([2H])C([2H])(C)C([2H])([2H])[2H])C(OC(=O)[C@@]([2H])(N)C([2H])(C([2H])([2H])[2H])C([2H])([2H])[2H])C1([2H])[2H].[2H]c1c2c(c([2H])c(OC)c1OC)C1N(CC2)C([2H])([2H])C([2H])(C([2H])([2H])C([2H])(C)C([2H])([2H])[2H])C(OC(=O)[C@@]([2H])(N)C([2H])(C([2H])([2H])[2H])C([2H])([2H])[2H])C1([2H])[2H]. The smallest absolute Gasteiger partial charge is 0.323 e. The van der Waals surface area contributed by atoms with Gasteiger partial charge in [0.2, 0.25) is 0 Å². The van der Waals surface area contributed by atoms with Gasteiger partial charge in [0, 0.05) is 224 Å². The molecule has 4 saturated heterocycles. The van der Waals surface area contributed by atoms with E-state index in [-0.39, 0.29) is 62.1 Å². The number of fused-ring (bicyclic) bond motifs is 12. The molecule has 8 N–H and O–H groups in total. The van der Waals surface area contributed by atoms with Gasteiger partial charge in [-0.2, -0.15) is 0 Å². The molecule has 120 heavy (non-hydrogen) atoms. The van der Waals surface area contributed by atoms with Crippen LogP contribution in [0.3, 0.4) is 0 Å². The second-order valence-electron chi connectivity index (χ2n) is 25.9. The van der Waals surface area contributed by atoms with E-state index in [4.69, 9.17) is 170 Å². The summed E-state index contributed by atoms with van der Waals surface area (Å²) in [6.07, 6.45) is -50.7. The molecule has 4 aromatic rings. The van der Waals surface area contributed by atoms with Crippen molar-refractivity contribution in [2.45, 2.75) is 259 Å². The molecule has 4 fully saturated rings. The summed E-state index contributed by atoms with van der Waals surface area (Å²) in [5.41, 5.74) is 19.6. The molecule has 0 bridgehead atoms. The number of methoxy groups -OCH3 is 8. The maximum Gasteiger partial charge on any atom is 0.323 e. The molecule has 8 aliphatic rings. The van der Waals surface area contributed by atoms with Crippen LogP contribution in [0, 0.1) is 70.7 Å². The van der Waals surface area contributed by atoms with Crippen molar-refractivity contribution in [3.63, 3.8) is 0 Å². The zero-order valence-corrected chi connectivity index (χ0v) is 65.9. The number of nitrogens with two attached hydrogens (primary N) is 4. The van der Waals surface area contributed by atoms with Crippen molar-refractivity contribution in [1.82, 2.24) is 19.6 Å². The molecule has 8 heterocycles. The number of benzene rings is 4. The Balaban J connectivity index is 0.000000302. The van der Waals surface area contributed by atoms with E-state index in [0.717, 1.165) is 53.7 Å². The highest BCUT2D eigenvalue weighted by Crippen LogP contribution is 2.50. The van der Waals surface area contributed by atoms with Gasteiger partial charge in [-0.1, -0.05) is 110 Å². The third-order valence-corrected chi connectivity index (χ3v) is 17.7. The lowest BCUT2D eigenvalue weighted by Gasteiger charge is -2.47. The van der Waals surface area contributed by atoms with Crippen molar-refractivity contribution in [3.05, 3.63) is 92.9 Å². The summed E-state index contributed by atoms with van der Waals surface area (Å²) in [6, 6.07) is -27.7.